The largest absolute Gasteiger partial charge is 0.463 e. The molecule has 0 spiro atoms. The van der Waals surface area contributed by atoms with E-state index < -0.39 is 6.10 Å². The second kappa shape index (κ2) is 15.5. The number of aliphatic hydroxyl groups is 2. The van der Waals surface area contributed by atoms with E-state index in [2.05, 4.69) is 19.1 Å². The smallest absolute Gasteiger partial charge is 0.305 e. The lowest BCUT2D eigenvalue weighted by Crippen LogP contribution is -2.21. The number of unbranched alkanes of at least 4 members (excludes halogenated alkanes) is 7. The zero-order valence-electron chi connectivity index (χ0n) is 13.4. The third kappa shape index (κ3) is 15.3. The van der Waals surface area contributed by atoms with Gasteiger partial charge in [-0.25, -0.2) is 0 Å². The third-order valence-electron chi connectivity index (χ3n) is 3.29. The van der Waals surface area contributed by atoms with Crippen molar-refractivity contribution in [3.63, 3.8) is 0 Å². The van der Waals surface area contributed by atoms with Crippen LogP contribution in [0.15, 0.2) is 12.2 Å². The minimum atomic E-state index is -0.959. The van der Waals surface area contributed by atoms with Crippen LogP contribution in [0.1, 0.15) is 71.1 Å². The van der Waals surface area contributed by atoms with Gasteiger partial charge in [0.25, 0.3) is 0 Å². The van der Waals surface area contributed by atoms with Crippen LogP contribution < -0.4 is 0 Å². The fourth-order valence-electron chi connectivity index (χ4n) is 1.93. The summed E-state index contributed by atoms with van der Waals surface area (Å²) >= 11 is 0. The SMILES string of the molecule is CCCCC=CCCCCCCCC(=O)OC[C@@H](O)CO. The fraction of sp³-hybridized carbons (Fsp3) is 0.824. The van der Waals surface area contributed by atoms with Crippen molar-refractivity contribution in [1.82, 2.24) is 0 Å². The average molecular weight is 300 g/mol. The van der Waals surface area contributed by atoms with Gasteiger partial charge in [-0.15, -0.1) is 0 Å². The van der Waals surface area contributed by atoms with Crippen LogP contribution in [0.3, 0.4) is 0 Å². The summed E-state index contributed by atoms with van der Waals surface area (Å²) in [6.45, 7) is 1.72. The second-order valence-electron chi connectivity index (χ2n) is 5.44. The number of ether oxygens (including phenoxy) is 1. The molecule has 0 aromatic rings. The number of hydrogen-bond acceptors (Lipinski definition) is 4. The van der Waals surface area contributed by atoms with Crippen LogP contribution in [0.4, 0.5) is 0 Å². The van der Waals surface area contributed by atoms with E-state index in [4.69, 9.17) is 14.9 Å². The van der Waals surface area contributed by atoms with Crippen LogP contribution in [0, 0.1) is 0 Å². The zero-order chi connectivity index (χ0) is 15.8. The molecule has 0 radical (unpaired) electrons. The normalized spacial score (nSPS) is 12.7. The molecule has 21 heavy (non-hydrogen) atoms. The lowest BCUT2D eigenvalue weighted by molar-refractivity contribution is -0.147. The molecule has 0 fully saturated rings. The Morgan fingerprint density at radius 1 is 1.05 bits per heavy atom. The summed E-state index contributed by atoms with van der Waals surface area (Å²) in [4.78, 5) is 11.3. The van der Waals surface area contributed by atoms with Gasteiger partial charge in [0.2, 0.25) is 0 Å². The highest BCUT2D eigenvalue weighted by Crippen LogP contribution is 2.08. The summed E-state index contributed by atoms with van der Waals surface area (Å²) in [5.74, 6) is -0.290. The van der Waals surface area contributed by atoms with E-state index in [9.17, 15) is 4.79 Å². The first-order valence-electron chi connectivity index (χ1n) is 8.30. The van der Waals surface area contributed by atoms with E-state index in [-0.39, 0.29) is 19.2 Å². The maximum atomic E-state index is 11.3. The number of aliphatic hydroxyl groups excluding tert-OH is 2. The van der Waals surface area contributed by atoms with Crippen LogP contribution in [0.25, 0.3) is 0 Å². The molecule has 124 valence electrons. The van der Waals surface area contributed by atoms with Gasteiger partial charge in [-0.05, 0) is 25.7 Å². The zero-order valence-corrected chi connectivity index (χ0v) is 13.4. The first kappa shape index (κ1) is 20.1. The first-order chi connectivity index (χ1) is 10.2. The Kier molecular flexibility index (Phi) is 14.9. The van der Waals surface area contributed by atoms with Crippen LogP contribution in [0.2, 0.25) is 0 Å². The average Bonchev–Trinajstić information content (AvgIpc) is 2.50. The summed E-state index contributed by atoms with van der Waals surface area (Å²) in [7, 11) is 0. The molecule has 0 unspecified atom stereocenters. The number of carbonyl (C=O) groups is 1. The van der Waals surface area contributed by atoms with Crippen molar-refractivity contribution >= 4 is 5.97 Å². The number of carbonyl (C=O) groups excluding carboxylic acids is 1. The number of allylic oxidation sites excluding steroid dienone is 2. The van der Waals surface area contributed by atoms with Crippen LogP contribution >= 0.6 is 0 Å². The van der Waals surface area contributed by atoms with Gasteiger partial charge in [-0.3, -0.25) is 4.79 Å². The Balaban J connectivity index is 3.24. The summed E-state index contributed by atoms with van der Waals surface area (Å²) < 4.78 is 4.83. The number of esters is 1. The molecule has 0 heterocycles. The monoisotopic (exact) mass is 300 g/mol. The van der Waals surface area contributed by atoms with Gasteiger partial charge in [0.15, 0.2) is 0 Å². The summed E-state index contributed by atoms with van der Waals surface area (Å²) in [6.07, 6.45) is 14.3. The standard InChI is InChI=1S/C17H32O4/c1-2-3-4-5-6-7-8-9-10-11-12-13-17(20)21-15-16(19)14-18/h5-6,16,18-19H,2-4,7-15H2,1H3/t16-/m0/s1. The van der Waals surface area contributed by atoms with Gasteiger partial charge >= 0.3 is 5.97 Å². The Morgan fingerprint density at radius 3 is 2.33 bits per heavy atom. The predicted octanol–water partition coefficient (Wildman–Crippen LogP) is 3.36. The predicted molar refractivity (Wildman–Crippen MR) is 85.0 cm³/mol. The van der Waals surface area contributed by atoms with Crippen molar-refractivity contribution in [3.05, 3.63) is 12.2 Å². The van der Waals surface area contributed by atoms with Crippen LogP contribution in [0.5, 0.6) is 0 Å². The van der Waals surface area contributed by atoms with Crippen molar-refractivity contribution in [2.24, 2.45) is 0 Å². The molecule has 4 heteroatoms. The van der Waals surface area contributed by atoms with E-state index in [0.717, 1.165) is 25.7 Å². The quantitative estimate of drug-likeness (QED) is 0.293. The van der Waals surface area contributed by atoms with Crippen LogP contribution in [-0.2, 0) is 9.53 Å². The minimum absolute atomic E-state index is 0.111. The molecular formula is C17H32O4. The molecule has 0 aliphatic rings. The van der Waals surface area contributed by atoms with Gasteiger partial charge < -0.3 is 14.9 Å². The van der Waals surface area contributed by atoms with Crippen molar-refractivity contribution in [1.29, 1.82) is 0 Å². The minimum Gasteiger partial charge on any atom is -0.463 e. The Hall–Kier alpha value is -0.870. The van der Waals surface area contributed by atoms with Crippen molar-refractivity contribution in [2.45, 2.75) is 77.2 Å². The van der Waals surface area contributed by atoms with Gasteiger partial charge in [-0.2, -0.15) is 0 Å². The molecule has 0 aromatic heterocycles. The van der Waals surface area contributed by atoms with Crippen LogP contribution in [-0.4, -0.2) is 35.5 Å². The van der Waals surface area contributed by atoms with E-state index in [0.29, 0.717) is 6.42 Å². The molecule has 4 nitrogen and oxygen atoms in total. The van der Waals surface area contributed by atoms with Gasteiger partial charge in [0, 0.05) is 6.42 Å². The van der Waals surface area contributed by atoms with E-state index >= 15 is 0 Å². The molecule has 0 aromatic carbocycles. The first-order valence-corrected chi connectivity index (χ1v) is 8.30. The molecule has 0 aliphatic carbocycles. The third-order valence-corrected chi connectivity index (χ3v) is 3.29. The fourth-order valence-corrected chi connectivity index (χ4v) is 1.93. The molecule has 0 aliphatic heterocycles. The second-order valence-corrected chi connectivity index (χ2v) is 5.44. The summed E-state index contributed by atoms with van der Waals surface area (Å²) in [5.41, 5.74) is 0. The molecule has 1 atom stereocenters. The van der Waals surface area contributed by atoms with Gasteiger partial charge in [0.05, 0.1) is 6.61 Å². The highest BCUT2D eigenvalue weighted by Gasteiger charge is 2.07. The summed E-state index contributed by atoms with van der Waals surface area (Å²) in [5, 5.41) is 17.6. The van der Waals surface area contributed by atoms with Crippen molar-refractivity contribution in [2.75, 3.05) is 13.2 Å². The van der Waals surface area contributed by atoms with Gasteiger partial charge in [0.1, 0.15) is 12.7 Å². The van der Waals surface area contributed by atoms with E-state index in [1.54, 1.807) is 0 Å². The number of hydrogen-bond donors (Lipinski definition) is 2. The number of rotatable bonds is 14. The molecule has 0 amide bonds. The molecule has 2 N–H and O–H groups in total. The highest BCUT2D eigenvalue weighted by atomic mass is 16.5. The van der Waals surface area contributed by atoms with E-state index in [1.807, 2.05) is 0 Å². The van der Waals surface area contributed by atoms with Crippen molar-refractivity contribution in [3.8, 4) is 0 Å². The maximum absolute atomic E-state index is 11.3. The Labute approximate surface area is 129 Å². The Bertz CT molecular complexity index is 264. The van der Waals surface area contributed by atoms with Crippen molar-refractivity contribution < 1.29 is 19.7 Å². The highest BCUT2D eigenvalue weighted by molar-refractivity contribution is 5.69. The topological polar surface area (TPSA) is 66.8 Å². The van der Waals surface area contributed by atoms with E-state index in [1.165, 1.54) is 32.1 Å². The lowest BCUT2D eigenvalue weighted by atomic mass is 10.1. The maximum Gasteiger partial charge on any atom is 0.305 e. The molecule has 0 bridgehead atoms. The lowest BCUT2D eigenvalue weighted by Gasteiger charge is -2.08. The Morgan fingerprint density at radius 2 is 1.67 bits per heavy atom. The molecule has 0 rings (SSSR count). The molecule has 0 saturated heterocycles. The molecule has 0 saturated carbocycles. The summed E-state index contributed by atoms with van der Waals surface area (Å²) in [6, 6.07) is 0. The van der Waals surface area contributed by atoms with Gasteiger partial charge in [-0.1, -0.05) is 51.2 Å². The molecular weight excluding hydrogens is 268 g/mol.